The Labute approximate surface area is 175 Å². The summed E-state index contributed by atoms with van der Waals surface area (Å²) in [5.41, 5.74) is 2.53. The summed E-state index contributed by atoms with van der Waals surface area (Å²) in [6.07, 6.45) is 7.69. The molecule has 0 aliphatic carbocycles. The van der Waals surface area contributed by atoms with Gasteiger partial charge in [-0.25, -0.2) is 0 Å². The number of allylic oxidation sites excluding steroid dienone is 2. The lowest BCUT2D eigenvalue weighted by molar-refractivity contribution is 0.173. The van der Waals surface area contributed by atoms with Gasteiger partial charge in [0.05, 0.1) is 11.4 Å². The van der Waals surface area contributed by atoms with Gasteiger partial charge in [-0.05, 0) is 57.7 Å². The predicted molar refractivity (Wildman–Crippen MR) is 122 cm³/mol. The van der Waals surface area contributed by atoms with Crippen molar-refractivity contribution in [3.8, 4) is 0 Å². The molecule has 164 valence electrons. The number of hydrogen-bond acceptors (Lipinski definition) is 7. The van der Waals surface area contributed by atoms with Gasteiger partial charge < -0.3 is 26.3 Å². The van der Waals surface area contributed by atoms with Gasteiger partial charge in [-0.15, -0.1) is 0 Å². The van der Waals surface area contributed by atoms with Gasteiger partial charge in [-0.2, -0.15) is 5.10 Å². The molecule has 0 saturated heterocycles. The highest BCUT2D eigenvalue weighted by Gasteiger charge is 2.18. The van der Waals surface area contributed by atoms with Crippen LogP contribution in [0, 0.1) is 11.8 Å². The lowest BCUT2D eigenvalue weighted by Gasteiger charge is -2.26. The molecule has 5 N–H and O–H groups in total. The minimum absolute atomic E-state index is 0.00138. The monoisotopic (exact) mass is 405 g/mol. The Morgan fingerprint density at radius 1 is 1.45 bits per heavy atom. The highest BCUT2D eigenvalue weighted by Crippen LogP contribution is 2.20. The van der Waals surface area contributed by atoms with Crippen molar-refractivity contribution >= 4 is 11.9 Å². The van der Waals surface area contributed by atoms with Crippen LogP contribution in [0.1, 0.15) is 46.5 Å². The van der Waals surface area contributed by atoms with Crippen LogP contribution < -0.4 is 11.2 Å². The largest absolute Gasteiger partial charge is 0.507 e. The number of nitrogens with zero attached hydrogens (tertiary/aromatic N) is 3. The molecule has 0 aromatic heterocycles. The number of hydrazone groups is 1. The van der Waals surface area contributed by atoms with E-state index in [-0.39, 0.29) is 5.76 Å². The van der Waals surface area contributed by atoms with Crippen molar-refractivity contribution in [3.05, 3.63) is 35.9 Å². The molecule has 0 amide bonds. The zero-order valence-corrected chi connectivity index (χ0v) is 18.4. The molecule has 7 heteroatoms. The molecular formula is C22H39N5O2. The summed E-state index contributed by atoms with van der Waals surface area (Å²) in [4.78, 5) is 6.34. The minimum Gasteiger partial charge on any atom is -0.507 e. The van der Waals surface area contributed by atoms with Crippen LogP contribution >= 0.6 is 0 Å². The second-order valence-corrected chi connectivity index (χ2v) is 7.99. The highest BCUT2D eigenvalue weighted by molar-refractivity contribution is 6.31. The van der Waals surface area contributed by atoms with Gasteiger partial charge in [0.2, 0.25) is 0 Å². The first-order valence-corrected chi connectivity index (χ1v) is 10.4. The Hall–Kier alpha value is -2.12. The zero-order valence-electron chi connectivity index (χ0n) is 18.4. The van der Waals surface area contributed by atoms with E-state index in [0.717, 1.165) is 37.1 Å². The topological polar surface area (TPSA) is 106 Å². The lowest BCUT2D eigenvalue weighted by Crippen LogP contribution is -2.26. The summed E-state index contributed by atoms with van der Waals surface area (Å²) < 4.78 is 0. The fraction of sp³-hybridized carbons (Fsp3) is 0.636. The Balaban J connectivity index is 2.37. The Morgan fingerprint density at radius 3 is 2.79 bits per heavy atom. The van der Waals surface area contributed by atoms with Crippen LogP contribution in [0.4, 0.5) is 0 Å². The number of aliphatic hydroxyl groups is 2. The first-order valence-electron chi connectivity index (χ1n) is 10.4. The maximum absolute atomic E-state index is 9.81. The average molecular weight is 406 g/mol. The van der Waals surface area contributed by atoms with E-state index >= 15 is 0 Å². The molecule has 29 heavy (non-hydrogen) atoms. The van der Waals surface area contributed by atoms with Crippen LogP contribution in [0.25, 0.3) is 0 Å². The molecule has 0 fully saturated rings. The normalized spacial score (nSPS) is 18.9. The highest BCUT2D eigenvalue weighted by atomic mass is 16.3. The lowest BCUT2D eigenvalue weighted by atomic mass is 9.89. The molecule has 0 spiro atoms. The molecule has 0 bridgehead atoms. The quantitative estimate of drug-likeness (QED) is 0.124. The molecule has 1 aliphatic rings. The molecule has 0 saturated carbocycles. The zero-order chi connectivity index (χ0) is 21.8. The van der Waals surface area contributed by atoms with E-state index in [1.54, 1.807) is 25.4 Å². The molecule has 0 radical (unpaired) electrons. The van der Waals surface area contributed by atoms with E-state index < -0.39 is 6.10 Å². The SMILES string of the molecule is C=C(CCC(CNC)C(C)C)CC(C=NCCCN1C=CC(O)C(O)=C1C)=NN. The fourth-order valence-electron chi connectivity index (χ4n) is 3.29. The third-order valence-electron chi connectivity index (χ3n) is 5.33. The van der Waals surface area contributed by atoms with E-state index in [0.29, 0.717) is 37.0 Å². The molecule has 0 aromatic rings. The number of aliphatic hydroxyl groups excluding tert-OH is 2. The predicted octanol–water partition coefficient (Wildman–Crippen LogP) is 2.96. The van der Waals surface area contributed by atoms with Gasteiger partial charge in [0, 0.05) is 31.9 Å². The van der Waals surface area contributed by atoms with Crippen LogP contribution in [0.3, 0.4) is 0 Å². The van der Waals surface area contributed by atoms with Crippen molar-refractivity contribution in [2.45, 2.75) is 52.6 Å². The van der Waals surface area contributed by atoms with Gasteiger partial charge in [-0.3, -0.25) is 4.99 Å². The van der Waals surface area contributed by atoms with Gasteiger partial charge in [-0.1, -0.05) is 26.0 Å². The summed E-state index contributed by atoms with van der Waals surface area (Å²) in [5, 5.41) is 26.5. The molecule has 2 unspecified atom stereocenters. The van der Waals surface area contributed by atoms with E-state index in [1.807, 2.05) is 11.9 Å². The third-order valence-corrected chi connectivity index (χ3v) is 5.33. The molecule has 1 aliphatic heterocycles. The number of rotatable bonds is 13. The van der Waals surface area contributed by atoms with Gasteiger partial charge in [0.25, 0.3) is 0 Å². The molecule has 1 rings (SSSR count). The standard InChI is InChI=1S/C22H39N5O2/c1-16(2)19(14-24-5)8-7-17(3)13-20(26-23)15-25-10-6-11-27-12-9-21(28)22(29)18(27)4/h9,12,15-16,19,21,24,28-29H,3,6-8,10-11,13-14,23H2,1-2,4-5H3. The van der Waals surface area contributed by atoms with Crippen LogP contribution in [0.15, 0.2) is 46.0 Å². The molecular weight excluding hydrogens is 366 g/mol. The van der Waals surface area contributed by atoms with E-state index in [2.05, 4.69) is 35.8 Å². The first-order chi connectivity index (χ1) is 13.8. The number of nitrogens with two attached hydrogens (primary N) is 1. The average Bonchev–Trinajstić information content (AvgIpc) is 2.69. The van der Waals surface area contributed by atoms with Crippen molar-refractivity contribution in [3.63, 3.8) is 0 Å². The van der Waals surface area contributed by atoms with E-state index in [4.69, 9.17) is 5.84 Å². The van der Waals surface area contributed by atoms with Gasteiger partial charge in [0.15, 0.2) is 0 Å². The minimum atomic E-state index is -0.908. The second kappa shape index (κ2) is 13.2. The Kier molecular flexibility index (Phi) is 11.3. The van der Waals surface area contributed by atoms with Crippen molar-refractivity contribution in [2.24, 2.45) is 27.8 Å². The molecule has 0 aromatic carbocycles. The van der Waals surface area contributed by atoms with Crippen molar-refractivity contribution in [2.75, 3.05) is 26.7 Å². The number of nitrogens with one attached hydrogen (secondary N) is 1. The Morgan fingerprint density at radius 2 is 2.17 bits per heavy atom. The summed E-state index contributed by atoms with van der Waals surface area (Å²) in [7, 11) is 1.99. The summed E-state index contributed by atoms with van der Waals surface area (Å²) in [5.74, 6) is 6.79. The fourth-order valence-corrected chi connectivity index (χ4v) is 3.29. The van der Waals surface area contributed by atoms with Gasteiger partial charge in [0.1, 0.15) is 11.9 Å². The maximum atomic E-state index is 9.81. The van der Waals surface area contributed by atoms with Crippen LogP contribution in [-0.2, 0) is 0 Å². The van der Waals surface area contributed by atoms with E-state index in [1.165, 1.54) is 0 Å². The molecule has 7 nitrogen and oxygen atoms in total. The van der Waals surface area contributed by atoms with Crippen LogP contribution in [-0.4, -0.2) is 59.8 Å². The first kappa shape index (κ1) is 24.9. The second-order valence-electron chi connectivity index (χ2n) is 7.99. The summed E-state index contributed by atoms with van der Waals surface area (Å²) in [6, 6.07) is 0. The van der Waals surface area contributed by atoms with Crippen LogP contribution in [0.2, 0.25) is 0 Å². The van der Waals surface area contributed by atoms with Crippen molar-refractivity contribution in [1.82, 2.24) is 10.2 Å². The summed E-state index contributed by atoms with van der Waals surface area (Å²) in [6.45, 7) is 12.8. The van der Waals surface area contributed by atoms with Gasteiger partial charge >= 0.3 is 0 Å². The van der Waals surface area contributed by atoms with Crippen molar-refractivity contribution < 1.29 is 10.2 Å². The smallest absolute Gasteiger partial charge is 0.144 e. The molecule has 2 atom stereocenters. The number of aliphatic imine (C=N–C) groups is 1. The molecule has 1 heterocycles. The third kappa shape index (κ3) is 8.83. The maximum Gasteiger partial charge on any atom is 0.144 e. The van der Waals surface area contributed by atoms with E-state index in [9.17, 15) is 10.2 Å². The van der Waals surface area contributed by atoms with Crippen LogP contribution in [0.5, 0.6) is 0 Å². The Bertz CT molecular complexity index is 637. The van der Waals surface area contributed by atoms with Crippen molar-refractivity contribution in [1.29, 1.82) is 0 Å². The number of hydrogen-bond donors (Lipinski definition) is 4. The summed E-state index contributed by atoms with van der Waals surface area (Å²) >= 11 is 0.